The van der Waals surface area contributed by atoms with Gasteiger partial charge in [0.05, 0.1) is 6.20 Å². The van der Waals surface area contributed by atoms with Crippen molar-refractivity contribution >= 4 is 11.8 Å². The third-order valence-corrected chi connectivity index (χ3v) is 1.92. The van der Waals surface area contributed by atoms with Gasteiger partial charge in [0, 0.05) is 13.1 Å². The van der Waals surface area contributed by atoms with Crippen LogP contribution in [0.15, 0.2) is 6.20 Å². The zero-order chi connectivity index (χ0) is 10.6. The Balaban J connectivity index is 2.96. The molecule has 0 radical (unpaired) electrons. The highest BCUT2D eigenvalue weighted by Crippen LogP contribution is 2.15. The third-order valence-electron chi connectivity index (χ3n) is 1.92. The molecular formula is C9H15FN4. The minimum absolute atomic E-state index is 0.107. The summed E-state index contributed by atoms with van der Waals surface area (Å²) in [6.07, 6.45) is 2.05. The Morgan fingerprint density at radius 2 is 2.21 bits per heavy atom. The fourth-order valence-electron chi connectivity index (χ4n) is 1.28. The van der Waals surface area contributed by atoms with E-state index in [0.29, 0.717) is 12.4 Å². The Hall–Kier alpha value is -1.39. The van der Waals surface area contributed by atoms with E-state index in [1.165, 1.54) is 0 Å². The van der Waals surface area contributed by atoms with E-state index in [0.717, 1.165) is 19.2 Å². The van der Waals surface area contributed by atoms with E-state index >= 15 is 0 Å². The summed E-state index contributed by atoms with van der Waals surface area (Å²) in [4.78, 5) is 9.30. The van der Waals surface area contributed by atoms with Crippen molar-refractivity contribution in [3.8, 4) is 0 Å². The number of nitrogens with two attached hydrogens (primary N) is 1. The van der Waals surface area contributed by atoms with Crippen LogP contribution < -0.4 is 10.6 Å². The van der Waals surface area contributed by atoms with E-state index in [4.69, 9.17) is 5.73 Å². The van der Waals surface area contributed by atoms with Gasteiger partial charge in [-0.3, -0.25) is 0 Å². The summed E-state index contributed by atoms with van der Waals surface area (Å²) < 4.78 is 13.3. The number of aromatic nitrogens is 2. The second-order valence-electron chi connectivity index (χ2n) is 2.98. The first-order valence-corrected chi connectivity index (χ1v) is 4.72. The maximum Gasteiger partial charge on any atom is 0.222 e. The van der Waals surface area contributed by atoms with Crippen molar-refractivity contribution in [1.29, 1.82) is 0 Å². The summed E-state index contributed by atoms with van der Waals surface area (Å²) >= 11 is 0. The summed E-state index contributed by atoms with van der Waals surface area (Å²) in [6.45, 7) is 5.46. The van der Waals surface area contributed by atoms with E-state index in [9.17, 15) is 4.39 Å². The molecule has 78 valence electrons. The Morgan fingerprint density at radius 3 is 2.79 bits per heavy atom. The molecule has 1 aromatic rings. The number of hydrogen-bond donors (Lipinski definition) is 1. The first-order chi connectivity index (χ1) is 6.69. The maximum absolute atomic E-state index is 13.3. The Labute approximate surface area is 83.0 Å². The molecule has 0 amide bonds. The van der Waals surface area contributed by atoms with Crippen molar-refractivity contribution in [2.45, 2.75) is 20.3 Å². The molecule has 1 heterocycles. The highest BCUT2D eigenvalue weighted by molar-refractivity contribution is 5.42. The predicted molar refractivity (Wildman–Crippen MR) is 54.6 cm³/mol. The van der Waals surface area contributed by atoms with Crippen molar-refractivity contribution in [3.05, 3.63) is 12.0 Å². The average Bonchev–Trinajstić information content (AvgIpc) is 2.18. The number of rotatable bonds is 4. The van der Waals surface area contributed by atoms with Crippen LogP contribution >= 0.6 is 0 Å². The molecule has 0 spiro atoms. The highest BCUT2D eigenvalue weighted by Gasteiger charge is 2.11. The van der Waals surface area contributed by atoms with Gasteiger partial charge in [-0.05, 0) is 13.3 Å². The lowest BCUT2D eigenvalue weighted by molar-refractivity contribution is 0.602. The van der Waals surface area contributed by atoms with Gasteiger partial charge in [0.15, 0.2) is 11.6 Å². The summed E-state index contributed by atoms with van der Waals surface area (Å²) in [5, 5.41) is 0. The standard InChI is InChI=1S/C9H15FN4/c1-3-5-14(4-2)8-7(10)6-12-9(11)13-8/h6H,3-5H2,1-2H3,(H2,11,12,13). The lowest BCUT2D eigenvalue weighted by atomic mass is 10.4. The molecule has 0 aromatic carbocycles. The number of halogens is 1. The van der Waals surface area contributed by atoms with E-state index in [2.05, 4.69) is 9.97 Å². The van der Waals surface area contributed by atoms with Gasteiger partial charge in [0.2, 0.25) is 5.95 Å². The topological polar surface area (TPSA) is 55.0 Å². The quantitative estimate of drug-likeness (QED) is 0.795. The molecule has 4 nitrogen and oxygen atoms in total. The zero-order valence-corrected chi connectivity index (χ0v) is 8.50. The largest absolute Gasteiger partial charge is 0.368 e. The summed E-state index contributed by atoms with van der Waals surface area (Å²) in [5.41, 5.74) is 5.40. The van der Waals surface area contributed by atoms with E-state index in [-0.39, 0.29) is 5.95 Å². The molecule has 1 rings (SSSR count). The van der Waals surface area contributed by atoms with Crippen LogP contribution in [0.2, 0.25) is 0 Å². The fraction of sp³-hybridized carbons (Fsp3) is 0.556. The lowest BCUT2D eigenvalue weighted by Crippen LogP contribution is -2.26. The molecular weight excluding hydrogens is 183 g/mol. The minimum atomic E-state index is -0.422. The Bertz CT molecular complexity index is 303. The zero-order valence-electron chi connectivity index (χ0n) is 8.50. The normalized spacial score (nSPS) is 10.2. The molecule has 0 saturated heterocycles. The number of nitrogen functional groups attached to an aromatic ring is 1. The van der Waals surface area contributed by atoms with Gasteiger partial charge in [-0.2, -0.15) is 4.98 Å². The van der Waals surface area contributed by atoms with Crippen molar-refractivity contribution in [3.63, 3.8) is 0 Å². The molecule has 0 bridgehead atoms. The monoisotopic (exact) mass is 198 g/mol. The summed E-state index contributed by atoms with van der Waals surface area (Å²) in [6, 6.07) is 0. The first kappa shape index (κ1) is 10.7. The van der Waals surface area contributed by atoms with Gasteiger partial charge < -0.3 is 10.6 Å². The Morgan fingerprint density at radius 1 is 1.50 bits per heavy atom. The summed E-state index contributed by atoms with van der Waals surface area (Å²) in [7, 11) is 0. The van der Waals surface area contributed by atoms with Crippen LogP contribution in [0.3, 0.4) is 0 Å². The number of anilines is 2. The van der Waals surface area contributed by atoms with Crippen LogP contribution in [0.5, 0.6) is 0 Å². The predicted octanol–water partition coefficient (Wildman–Crippen LogP) is 1.43. The van der Waals surface area contributed by atoms with Gasteiger partial charge in [0.25, 0.3) is 0 Å². The average molecular weight is 198 g/mol. The molecule has 1 aromatic heterocycles. The molecule has 0 unspecified atom stereocenters. The van der Waals surface area contributed by atoms with Gasteiger partial charge in [-0.25, -0.2) is 9.37 Å². The van der Waals surface area contributed by atoms with E-state index < -0.39 is 5.82 Å². The van der Waals surface area contributed by atoms with Crippen LogP contribution in [-0.2, 0) is 0 Å². The smallest absolute Gasteiger partial charge is 0.222 e. The molecule has 2 N–H and O–H groups in total. The minimum Gasteiger partial charge on any atom is -0.368 e. The van der Waals surface area contributed by atoms with Crippen molar-refractivity contribution < 1.29 is 4.39 Å². The molecule has 0 atom stereocenters. The van der Waals surface area contributed by atoms with Crippen LogP contribution in [0.25, 0.3) is 0 Å². The van der Waals surface area contributed by atoms with E-state index in [1.54, 1.807) is 0 Å². The van der Waals surface area contributed by atoms with Gasteiger partial charge >= 0.3 is 0 Å². The molecule has 0 fully saturated rings. The molecule has 0 saturated carbocycles. The highest BCUT2D eigenvalue weighted by atomic mass is 19.1. The van der Waals surface area contributed by atoms with Crippen LogP contribution in [0, 0.1) is 5.82 Å². The second kappa shape index (κ2) is 4.74. The SMILES string of the molecule is CCCN(CC)c1nc(N)ncc1F. The van der Waals surface area contributed by atoms with Gasteiger partial charge in [-0.1, -0.05) is 6.92 Å². The summed E-state index contributed by atoms with van der Waals surface area (Å²) in [5.74, 6) is -0.0210. The molecule has 0 aliphatic carbocycles. The van der Waals surface area contributed by atoms with Crippen molar-refractivity contribution in [1.82, 2.24) is 9.97 Å². The molecule has 0 aliphatic heterocycles. The lowest BCUT2D eigenvalue weighted by Gasteiger charge is -2.21. The molecule has 14 heavy (non-hydrogen) atoms. The Kier molecular flexibility index (Phi) is 3.62. The first-order valence-electron chi connectivity index (χ1n) is 4.72. The number of hydrogen-bond acceptors (Lipinski definition) is 4. The number of nitrogens with zero attached hydrogens (tertiary/aromatic N) is 3. The van der Waals surface area contributed by atoms with Crippen LogP contribution in [0.4, 0.5) is 16.2 Å². The van der Waals surface area contributed by atoms with Crippen LogP contribution in [-0.4, -0.2) is 23.1 Å². The van der Waals surface area contributed by atoms with Gasteiger partial charge in [0.1, 0.15) is 0 Å². The molecule has 0 aliphatic rings. The third kappa shape index (κ3) is 2.31. The fourth-order valence-corrected chi connectivity index (χ4v) is 1.28. The van der Waals surface area contributed by atoms with Crippen molar-refractivity contribution in [2.75, 3.05) is 23.7 Å². The second-order valence-corrected chi connectivity index (χ2v) is 2.98. The van der Waals surface area contributed by atoms with Gasteiger partial charge in [-0.15, -0.1) is 0 Å². The molecule has 5 heteroatoms. The van der Waals surface area contributed by atoms with Crippen LogP contribution in [0.1, 0.15) is 20.3 Å². The van der Waals surface area contributed by atoms with Crippen molar-refractivity contribution in [2.24, 2.45) is 0 Å². The maximum atomic E-state index is 13.3. The van der Waals surface area contributed by atoms with E-state index in [1.807, 2.05) is 18.7 Å².